The van der Waals surface area contributed by atoms with E-state index in [2.05, 4.69) is 15.8 Å². The molecule has 1 aliphatic heterocycles. The third kappa shape index (κ3) is 9.18. The lowest BCUT2D eigenvalue weighted by Gasteiger charge is -2.67. The van der Waals surface area contributed by atoms with Crippen molar-refractivity contribution in [2.45, 2.75) is 122 Å². The third-order valence-corrected chi connectivity index (χ3v) is 14.2. The molecule has 0 radical (unpaired) electrons. The summed E-state index contributed by atoms with van der Waals surface area (Å²) in [6, 6.07) is 19.5. The van der Waals surface area contributed by atoms with Crippen molar-refractivity contribution in [1.82, 2.24) is 10.7 Å². The normalized spacial score (nSPS) is 30.0. The molecule has 4 aliphatic rings. The van der Waals surface area contributed by atoms with E-state index in [1.165, 1.54) is 58.9 Å². The van der Waals surface area contributed by atoms with Gasteiger partial charge < -0.3 is 44.3 Å². The number of aliphatic hydroxyl groups excluding tert-OH is 2. The topological polar surface area (TPSA) is 267 Å². The summed E-state index contributed by atoms with van der Waals surface area (Å²) in [4.78, 5) is 96.6. The molecule has 1 aromatic heterocycles. The summed E-state index contributed by atoms with van der Waals surface area (Å²) in [7, 11) is 0. The summed E-state index contributed by atoms with van der Waals surface area (Å²) in [5.41, 5.74) is -5.59. The van der Waals surface area contributed by atoms with Gasteiger partial charge in [0.2, 0.25) is 6.54 Å². The van der Waals surface area contributed by atoms with Crippen molar-refractivity contribution in [3.05, 3.63) is 114 Å². The quantitative estimate of drug-likeness (QED) is 0.0409. The van der Waals surface area contributed by atoms with Crippen molar-refractivity contribution < 1.29 is 77.1 Å². The minimum Gasteiger partial charge on any atom is -0.456 e. The van der Waals surface area contributed by atoms with E-state index in [9.17, 15) is 44.1 Å². The molecule has 3 aromatic rings. The minimum absolute atomic E-state index is 0.0441. The van der Waals surface area contributed by atoms with Gasteiger partial charge >= 0.3 is 29.8 Å². The molecule has 19 heteroatoms. The lowest BCUT2D eigenvalue weighted by molar-refractivity contribution is -0.684. The molecule has 3 aliphatic carbocycles. The highest BCUT2D eigenvalue weighted by molar-refractivity contribution is 6.38. The molecule has 5 N–H and O–H groups in total. The smallest absolute Gasteiger partial charge is 0.338 e. The van der Waals surface area contributed by atoms with Crippen LogP contribution in [-0.4, -0.2) is 117 Å². The molecule has 2 saturated carbocycles. The SMILES string of the molecule is CC(=O)O[C@H]1C(=O)[C@@]2(C)C([C@H](OC(=O)c3ccccc3)[C@]3(O)C[C@H](OC(=O)[C@H](O)[C@@H](NC(=O)/C(C)=N/NC(=O)C[n+]4ccccc4)c4ccccc4)C(C)=C1C3(C)C)[C@]1(OC(C)=O)CO[C@@H]1C[C@@H]2O. The second kappa shape index (κ2) is 19.4. The third-order valence-electron chi connectivity index (χ3n) is 14.2. The van der Waals surface area contributed by atoms with E-state index in [-0.39, 0.29) is 47.6 Å². The van der Waals surface area contributed by atoms with Gasteiger partial charge in [-0.2, -0.15) is 9.67 Å². The number of fused-ring (bicyclic) bond motifs is 5. The molecule has 69 heavy (non-hydrogen) atoms. The van der Waals surface area contributed by atoms with E-state index < -0.39 is 119 Å². The highest BCUT2D eigenvalue weighted by Gasteiger charge is 2.78. The van der Waals surface area contributed by atoms with E-state index in [1.54, 1.807) is 71.6 Å². The first kappa shape index (κ1) is 50.2. The van der Waals surface area contributed by atoms with E-state index in [0.29, 0.717) is 0 Å². The highest BCUT2D eigenvalue weighted by Crippen LogP contribution is 2.64. The Morgan fingerprint density at radius 1 is 0.884 bits per heavy atom. The molecule has 7 rings (SSSR count). The number of aliphatic hydroxyl groups is 3. The lowest BCUT2D eigenvalue weighted by Crippen LogP contribution is -2.82. The Labute approximate surface area is 397 Å². The molecule has 2 aromatic carbocycles. The number of benzene rings is 2. The maximum Gasteiger partial charge on any atom is 0.338 e. The van der Waals surface area contributed by atoms with Gasteiger partial charge in [0.1, 0.15) is 29.6 Å². The van der Waals surface area contributed by atoms with Gasteiger partial charge in [0, 0.05) is 44.2 Å². The molecule has 1 saturated heterocycles. The van der Waals surface area contributed by atoms with Crippen LogP contribution in [0.3, 0.4) is 0 Å². The molecule has 2 heterocycles. The first-order valence-corrected chi connectivity index (χ1v) is 22.5. The van der Waals surface area contributed by atoms with Gasteiger partial charge in [-0.15, -0.1) is 0 Å². The van der Waals surface area contributed by atoms with E-state index >= 15 is 4.79 Å². The van der Waals surface area contributed by atoms with Gasteiger partial charge in [0.05, 0.1) is 35.6 Å². The number of Topliss-reactive ketones (excluding diaryl/α,β-unsaturated/α-hetero) is 1. The number of pyridine rings is 1. The molecule has 1 unspecified atom stereocenters. The lowest BCUT2D eigenvalue weighted by atomic mass is 9.44. The van der Waals surface area contributed by atoms with Gasteiger partial charge in [-0.3, -0.25) is 24.0 Å². The fourth-order valence-electron chi connectivity index (χ4n) is 10.6. The molecular weight excluding hydrogens is 897 g/mol. The molecule has 19 nitrogen and oxygen atoms in total. The number of carbonyl (C=O) groups is 7. The van der Waals surface area contributed by atoms with Crippen LogP contribution in [0.1, 0.15) is 83.3 Å². The average molecular weight is 954 g/mol. The van der Waals surface area contributed by atoms with Crippen LogP contribution in [0.25, 0.3) is 0 Å². The monoisotopic (exact) mass is 953 g/mol. The van der Waals surface area contributed by atoms with Crippen LogP contribution in [0.15, 0.2) is 108 Å². The number of rotatable bonds is 13. The first-order chi connectivity index (χ1) is 32.6. The van der Waals surface area contributed by atoms with Gasteiger partial charge in [-0.05, 0) is 49.6 Å². The number of hydrogen-bond acceptors (Lipinski definition) is 16. The second-order valence-electron chi connectivity index (χ2n) is 18.8. The number of amides is 2. The first-order valence-electron chi connectivity index (χ1n) is 22.5. The summed E-state index contributed by atoms with van der Waals surface area (Å²) >= 11 is 0. The standard InChI is InChI=1S/C50H56N4O15/c1-27-33(67-46(63)39(59)38(31-17-11-8-12-18-31)51-44(61)28(2)52-53-36(58)25-54-21-15-10-16-22-54)24-50(64)43(68-45(62)32-19-13-9-14-20-32)41-48(7,34(57)23-35-49(41,26-65-35)69-30(4)56)42(60)40(66-29(3)55)37(27)47(50,5)6/h8-22,33-35,38-41,43,57,59,64H,23-26H2,1-7H3,(H-,51,53,58,61)/p+1/t33-,34-,35+,38-,39+,40+,41?,43-,48+,49-,50+/m0/s1. The number of ether oxygens (including phenoxy) is 5. The number of nitrogens with one attached hydrogen (secondary N) is 2. The minimum atomic E-state index is -2.44. The summed E-state index contributed by atoms with van der Waals surface area (Å²) in [6.07, 6.45) is -7.59. The average Bonchev–Trinajstić information content (AvgIpc) is 3.31. The second-order valence-corrected chi connectivity index (χ2v) is 18.8. The Morgan fingerprint density at radius 3 is 2.10 bits per heavy atom. The van der Waals surface area contributed by atoms with Crippen LogP contribution in [0.4, 0.5) is 0 Å². The molecule has 2 bridgehead atoms. The van der Waals surface area contributed by atoms with Crippen molar-refractivity contribution in [1.29, 1.82) is 0 Å². The van der Waals surface area contributed by atoms with E-state index in [1.807, 2.05) is 0 Å². The number of ketones is 1. The number of nitrogens with zero attached hydrogens (tertiary/aromatic N) is 2. The van der Waals surface area contributed by atoms with Crippen molar-refractivity contribution in [2.24, 2.45) is 21.8 Å². The predicted molar refractivity (Wildman–Crippen MR) is 240 cm³/mol. The zero-order valence-corrected chi connectivity index (χ0v) is 39.2. The summed E-state index contributed by atoms with van der Waals surface area (Å²) in [5, 5.41) is 44.2. The van der Waals surface area contributed by atoms with Crippen molar-refractivity contribution in [3.8, 4) is 0 Å². The molecule has 0 spiro atoms. The molecule has 11 atom stereocenters. The molecule has 366 valence electrons. The van der Waals surface area contributed by atoms with Gasteiger partial charge in [0.25, 0.3) is 5.91 Å². The van der Waals surface area contributed by atoms with Crippen molar-refractivity contribution >= 4 is 47.2 Å². The van der Waals surface area contributed by atoms with Crippen LogP contribution in [0.2, 0.25) is 0 Å². The van der Waals surface area contributed by atoms with Crippen molar-refractivity contribution in [3.63, 3.8) is 0 Å². The number of carbonyl (C=O) groups excluding carboxylic acids is 7. The zero-order valence-electron chi connectivity index (χ0n) is 39.2. The van der Waals surface area contributed by atoms with Crippen LogP contribution in [0, 0.1) is 16.7 Å². The Kier molecular flexibility index (Phi) is 14.1. The maximum absolute atomic E-state index is 15.6. The predicted octanol–water partition coefficient (Wildman–Crippen LogP) is 1.90. The fraction of sp³-hybridized carbons (Fsp3) is 0.460. The Bertz CT molecular complexity index is 2570. The zero-order chi connectivity index (χ0) is 50.2. The van der Waals surface area contributed by atoms with E-state index in [0.717, 1.165) is 13.8 Å². The van der Waals surface area contributed by atoms with Gasteiger partial charge in [-0.1, -0.05) is 68.4 Å². The largest absolute Gasteiger partial charge is 0.456 e. The Hall–Kier alpha value is -6.67. The number of hydrogen-bond donors (Lipinski definition) is 5. The Morgan fingerprint density at radius 2 is 1.51 bits per heavy atom. The van der Waals surface area contributed by atoms with Crippen molar-refractivity contribution in [2.75, 3.05) is 6.61 Å². The van der Waals surface area contributed by atoms with Gasteiger partial charge in [-0.25, -0.2) is 15.0 Å². The van der Waals surface area contributed by atoms with Gasteiger partial charge in [0.15, 0.2) is 36.0 Å². The summed E-state index contributed by atoms with van der Waals surface area (Å²) in [5.74, 6) is -7.89. The summed E-state index contributed by atoms with van der Waals surface area (Å²) < 4.78 is 31.9. The van der Waals surface area contributed by atoms with E-state index in [4.69, 9.17) is 23.7 Å². The summed E-state index contributed by atoms with van der Waals surface area (Å²) in [6.45, 7) is 9.02. The van der Waals surface area contributed by atoms with Crippen LogP contribution in [-0.2, 0) is 59.0 Å². The Balaban J connectivity index is 1.30. The number of hydrazone groups is 1. The van der Waals surface area contributed by atoms with Crippen LogP contribution in [0.5, 0.6) is 0 Å². The highest BCUT2D eigenvalue weighted by atomic mass is 16.6. The van der Waals surface area contributed by atoms with Crippen LogP contribution < -0.4 is 15.3 Å². The molecule has 2 amide bonds. The fourth-order valence-corrected chi connectivity index (χ4v) is 10.6. The molecular formula is C50H57N4O15+. The van der Waals surface area contributed by atoms with Crippen LogP contribution >= 0.6 is 0 Å². The molecule has 3 fully saturated rings. The number of aromatic nitrogens is 1. The number of esters is 4. The maximum atomic E-state index is 15.6.